The molecule has 0 atom stereocenters. The van der Waals surface area contributed by atoms with E-state index in [0.717, 1.165) is 34.4 Å². The molecular weight excluding hydrogens is 374 g/mol. The van der Waals surface area contributed by atoms with Crippen molar-refractivity contribution >= 4 is 31.9 Å². The summed E-state index contributed by atoms with van der Waals surface area (Å²) in [4.78, 5) is 0. The monoisotopic (exact) mass is 385 g/mol. The number of benzene rings is 1. The Morgan fingerprint density at radius 1 is 1.26 bits per heavy atom. The third kappa shape index (κ3) is 2.49. The first-order valence-corrected chi connectivity index (χ1v) is 7.55. The summed E-state index contributed by atoms with van der Waals surface area (Å²) in [5, 5.41) is 8.13. The Labute approximate surface area is 128 Å². The van der Waals surface area contributed by atoms with Crippen molar-refractivity contribution in [2.24, 2.45) is 7.05 Å². The second-order valence-electron chi connectivity index (χ2n) is 4.97. The highest BCUT2D eigenvalue weighted by molar-refractivity contribution is 9.11. The minimum atomic E-state index is 0.00704. The number of aromatic nitrogens is 3. The Bertz CT molecular complexity index is 587. The van der Waals surface area contributed by atoms with Gasteiger partial charge in [-0.3, -0.25) is 0 Å². The minimum Gasteiger partial charge on any atom is -0.379 e. The summed E-state index contributed by atoms with van der Waals surface area (Å²) in [6.45, 7) is 1.45. The average molecular weight is 387 g/mol. The van der Waals surface area contributed by atoms with Crippen molar-refractivity contribution in [1.29, 1.82) is 0 Å². The first kappa shape index (κ1) is 13.3. The Hall–Kier alpha value is -0.720. The molecule has 1 saturated heterocycles. The van der Waals surface area contributed by atoms with Crippen LogP contribution in [0, 0.1) is 0 Å². The van der Waals surface area contributed by atoms with Crippen LogP contribution in [0.2, 0.25) is 0 Å². The molecule has 3 rings (SSSR count). The molecule has 0 saturated carbocycles. The molecule has 100 valence electrons. The van der Waals surface area contributed by atoms with Gasteiger partial charge >= 0.3 is 0 Å². The third-order valence-electron chi connectivity index (χ3n) is 3.53. The van der Waals surface area contributed by atoms with Crippen LogP contribution >= 0.6 is 31.9 Å². The van der Waals surface area contributed by atoms with E-state index in [2.05, 4.69) is 54.2 Å². The molecular formula is C13H13Br2N3O. The van der Waals surface area contributed by atoms with Crippen molar-refractivity contribution < 1.29 is 4.74 Å². The van der Waals surface area contributed by atoms with Crippen LogP contribution in [0.25, 0.3) is 0 Å². The number of ether oxygens (including phenoxy) is 1. The number of halogens is 2. The van der Waals surface area contributed by atoms with Crippen LogP contribution in [0.15, 0.2) is 33.5 Å². The summed E-state index contributed by atoms with van der Waals surface area (Å²) in [7, 11) is 1.97. The van der Waals surface area contributed by atoms with Crippen molar-refractivity contribution in [3.8, 4) is 0 Å². The van der Waals surface area contributed by atoms with Crippen LogP contribution in [-0.4, -0.2) is 28.0 Å². The topological polar surface area (TPSA) is 39.9 Å². The summed E-state index contributed by atoms with van der Waals surface area (Å²) in [6, 6.07) is 6.35. The largest absolute Gasteiger partial charge is 0.379 e. The molecule has 0 spiro atoms. The van der Waals surface area contributed by atoms with Crippen LogP contribution in [0.3, 0.4) is 0 Å². The molecule has 0 amide bonds. The van der Waals surface area contributed by atoms with E-state index in [4.69, 9.17) is 4.74 Å². The maximum atomic E-state index is 5.47. The van der Waals surface area contributed by atoms with E-state index in [-0.39, 0.29) is 5.41 Å². The lowest BCUT2D eigenvalue weighted by Gasteiger charge is -2.41. The zero-order valence-electron chi connectivity index (χ0n) is 10.4. The van der Waals surface area contributed by atoms with Gasteiger partial charge in [-0.2, -0.15) is 0 Å². The van der Waals surface area contributed by atoms with Gasteiger partial charge in [0.1, 0.15) is 12.2 Å². The molecule has 1 aliphatic rings. The fourth-order valence-corrected chi connectivity index (χ4v) is 3.64. The molecule has 1 aromatic heterocycles. The van der Waals surface area contributed by atoms with Crippen LogP contribution in [0.5, 0.6) is 0 Å². The molecule has 2 aromatic rings. The van der Waals surface area contributed by atoms with Gasteiger partial charge in [0.2, 0.25) is 0 Å². The zero-order chi connectivity index (χ0) is 13.5. The van der Waals surface area contributed by atoms with E-state index in [1.165, 1.54) is 5.56 Å². The standard InChI is InChI=1S/C13H13Br2N3O/c1-18-8-16-17-12(18)5-13(6-19-7-13)9-2-10(14)4-11(15)3-9/h2-4,8H,5-7H2,1H3. The van der Waals surface area contributed by atoms with Gasteiger partial charge in [0.15, 0.2) is 0 Å². The predicted octanol–water partition coefficient (Wildman–Crippen LogP) is 2.85. The highest BCUT2D eigenvalue weighted by atomic mass is 79.9. The van der Waals surface area contributed by atoms with Gasteiger partial charge < -0.3 is 9.30 Å². The summed E-state index contributed by atoms with van der Waals surface area (Å²) in [5.41, 5.74) is 1.27. The van der Waals surface area contributed by atoms with E-state index >= 15 is 0 Å². The first-order valence-electron chi connectivity index (χ1n) is 5.96. The molecule has 0 aliphatic carbocycles. The molecule has 6 heteroatoms. The van der Waals surface area contributed by atoms with Gasteiger partial charge in [-0.1, -0.05) is 31.9 Å². The van der Waals surface area contributed by atoms with Gasteiger partial charge in [-0.25, -0.2) is 0 Å². The van der Waals surface area contributed by atoms with Crippen LogP contribution in [0.4, 0.5) is 0 Å². The maximum absolute atomic E-state index is 5.47. The Balaban J connectivity index is 1.97. The lowest BCUT2D eigenvalue weighted by atomic mass is 9.75. The predicted molar refractivity (Wildman–Crippen MR) is 79.0 cm³/mol. The molecule has 1 aromatic carbocycles. The molecule has 0 unspecified atom stereocenters. The van der Waals surface area contributed by atoms with Gasteiger partial charge in [-0.15, -0.1) is 10.2 Å². The molecule has 2 heterocycles. The highest BCUT2D eigenvalue weighted by Crippen LogP contribution is 2.38. The van der Waals surface area contributed by atoms with E-state index in [9.17, 15) is 0 Å². The lowest BCUT2D eigenvalue weighted by Crippen LogP contribution is -2.49. The third-order valence-corrected chi connectivity index (χ3v) is 4.45. The second-order valence-corrected chi connectivity index (χ2v) is 6.80. The molecule has 19 heavy (non-hydrogen) atoms. The van der Waals surface area contributed by atoms with E-state index in [1.807, 2.05) is 17.7 Å². The lowest BCUT2D eigenvalue weighted by molar-refractivity contribution is -0.0611. The fourth-order valence-electron chi connectivity index (χ4n) is 2.35. The van der Waals surface area contributed by atoms with E-state index in [0.29, 0.717) is 0 Å². The van der Waals surface area contributed by atoms with Crippen molar-refractivity contribution in [2.75, 3.05) is 13.2 Å². The SMILES string of the molecule is Cn1cnnc1CC1(c2cc(Br)cc(Br)c2)COC1. The van der Waals surface area contributed by atoms with E-state index in [1.54, 1.807) is 6.33 Å². The zero-order valence-corrected chi connectivity index (χ0v) is 13.6. The van der Waals surface area contributed by atoms with Gasteiger partial charge in [-0.05, 0) is 23.8 Å². The molecule has 0 bridgehead atoms. The Morgan fingerprint density at radius 2 is 1.95 bits per heavy atom. The number of hydrogen-bond acceptors (Lipinski definition) is 3. The van der Waals surface area contributed by atoms with Gasteiger partial charge in [0.25, 0.3) is 0 Å². The van der Waals surface area contributed by atoms with Crippen molar-refractivity contribution in [3.05, 3.63) is 44.9 Å². The molecule has 0 radical (unpaired) electrons. The number of rotatable bonds is 3. The average Bonchev–Trinajstić information content (AvgIpc) is 2.68. The summed E-state index contributed by atoms with van der Waals surface area (Å²) < 4.78 is 9.58. The van der Waals surface area contributed by atoms with Crippen molar-refractivity contribution in [3.63, 3.8) is 0 Å². The van der Waals surface area contributed by atoms with Crippen LogP contribution in [0.1, 0.15) is 11.4 Å². The minimum absolute atomic E-state index is 0.00704. The number of aryl methyl sites for hydroxylation is 1. The van der Waals surface area contributed by atoms with Gasteiger partial charge in [0.05, 0.1) is 13.2 Å². The molecule has 0 N–H and O–H groups in total. The normalized spacial score (nSPS) is 17.2. The summed E-state index contributed by atoms with van der Waals surface area (Å²) in [6.07, 6.45) is 2.58. The number of hydrogen-bond donors (Lipinski definition) is 0. The summed E-state index contributed by atoms with van der Waals surface area (Å²) >= 11 is 7.09. The van der Waals surface area contributed by atoms with Gasteiger partial charge in [0, 0.05) is 27.8 Å². The molecule has 1 fully saturated rings. The maximum Gasteiger partial charge on any atom is 0.133 e. The van der Waals surface area contributed by atoms with Crippen molar-refractivity contribution in [2.45, 2.75) is 11.8 Å². The molecule has 4 nitrogen and oxygen atoms in total. The number of nitrogens with zero attached hydrogens (tertiary/aromatic N) is 3. The van der Waals surface area contributed by atoms with Crippen LogP contribution in [-0.2, 0) is 23.6 Å². The first-order chi connectivity index (χ1) is 9.09. The highest BCUT2D eigenvalue weighted by Gasteiger charge is 2.41. The van der Waals surface area contributed by atoms with E-state index < -0.39 is 0 Å². The fraction of sp³-hybridized carbons (Fsp3) is 0.385. The van der Waals surface area contributed by atoms with Crippen LogP contribution < -0.4 is 0 Å². The molecule has 1 aliphatic heterocycles. The second kappa shape index (κ2) is 5.00. The summed E-state index contributed by atoms with van der Waals surface area (Å²) in [5.74, 6) is 0.986. The van der Waals surface area contributed by atoms with Crippen molar-refractivity contribution in [1.82, 2.24) is 14.8 Å². The smallest absolute Gasteiger partial charge is 0.133 e. The Morgan fingerprint density at radius 3 is 2.42 bits per heavy atom. The Kier molecular flexibility index (Phi) is 3.49. The quantitative estimate of drug-likeness (QED) is 0.814.